The monoisotopic (exact) mass is 292 g/mol. The fourth-order valence-corrected chi connectivity index (χ4v) is 3.20. The Morgan fingerprint density at radius 1 is 1.25 bits per heavy atom. The average molecular weight is 292 g/mol. The van der Waals surface area contributed by atoms with Crippen LogP contribution >= 0.6 is 11.3 Å². The van der Waals surface area contributed by atoms with Crippen molar-refractivity contribution in [3.63, 3.8) is 0 Å². The first kappa shape index (κ1) is 15.0. The molecule has 1 aromatic carbocycles. The zero-order chi connectivity index (χ0) is 14.7. The second-order valence-corrected chi connectivity index (χ2v) is 6.24. The Balaban J connectivity index is 2.24. The van der Waals surface area contributed by atoms with E-state index in [0.717, 1.165) is 12.1 Å². The van der Waals surface area contributed by atoms with Crippen molar-refractivity contribution in [3.8, 4) is 0 Å². The van der Waals surface area contributed by atoms with Crippen molar-refractivity contribution in [2.24, 2.45) is 5.73 Å². The number of benzene rings is 1. The Kier molecular flexibility index (Phi) is 4.78. The highest BCUT2D eigenvalue weighted by Crippen LogP contribution is 2.29. The summed E-state index contributed by atoms with van der Waals surface area (Å²) in [6.07, 6.45) is 0.947. The predicted molar refractivity (Wildman–Crippen MR) is 84.9 cm³/mol. The first-order valence-corrected chi connectivity index (χ1v) is 7.68. The van der Waals surface area contributed by atoms with E-state index in [1.807, 2.05) is 20.0 Å². The summed E-state index contributed by atoms with van der Waals surface area (Å²) in [5.74, 6) is -0.229. The molecule has 0 aliphatic rings. The standard InChI is InChI=1S/C16H21FN2S/c1-11(10-13-6-5-9-20-13)19(3)15-8-4-7-14(17)16(15)12(2)18/h4-9,11-12H,10,18H2,1-3H3. The van der Waals surface area contributed by atoms with Crippen molar-refractivity contribution >= 4 is 17.0 Å². The van der Waals surface area contributed by atoms with Gasteiger partial charge in [0.15, 0.2) is 0 Å². The molecule has 2 atom stereocenters. The predicted octanol–water partition coefficient (Wildman–Crippen LogP) is 3.97. The molecule has 20 heavy (non-hydrogen) atoms. The molecule has 2 rings (SSSR count). The third-order valence-electron chi connectivity index (χ3n) is 3.60. The van der Waals surface area contributed by atoms with Gasteiger partial charge in [0.1, 0.15) is 5.82 Å². The summed E-state index contributed by atoms with van der Waals surface area (Å²) in [5, 5.41) is 2.08. The van der Waals surface area contributed by atoms with Gasteiger partial charge < -0.3 is 10.6 Å². The molecule has 2 N–H and O–H groups in total. The number of thiophene rings is 1. The largest absolute Gasteiger partial charge is 0.371 e. The van der Waals surface area contributed by atoms with Gasteiger partial charge in [0.25, 0.3) is 0 Å². The second-order valence-electron chi connectivity index (χ2n) is 5.20. The van der Waals surface area contributed by atoms with E-state index in [-0.39, 0.29) is 17.9 Å². The third kappa shape index (κ3) is 3.19. The number of anilines is 1. The van der Waals surface area contributed by atoms with Crippen LogP contribution in [0.15, 0.2) is 35.7 Å². The normalized spacial score (nSPS) is 14.1. The summed E-state index contributed by atoms with van der Waals surface area (Å²) in [6, 6.07) is 9.31. The molecule has 1 aromatic heterocycles. The summed E-state index contributed by atoms with van der Waals surface area (Å²) < 4.78 is 14.0. The van der Waals surface area contributed by atoms with Gasteiger partial charge in [-0.15, -0.1) is 11.3 Å². The van der Waals surface area contributed by atoms with Crippen molar-refractivity contribution in [1.82, 2.24) is 0 Å². The highest BCUT2D eigenvalue weighted by atomic mass is 32.1. The van der Waals surface area contributed by atoms with Crippen LogP contribution < -0.4 is 10.6 Å². The van der Waals surface area contributed by atoms with Crippen molar-refractivity contribution in [2.75, 3.05) is 11.9 Å². The maximum Gasteiger partial charge on any atom is 0.130 e. The van der Waals surface area contributed by atoms with Gasteiger partial charge in [0.2, 0.25) is 0 Å². The minimum Gasteiger partial charge on any atom is -0.371 e. The molecule has 1 heterocycles. The van der Waals surface area contributed by atoms with Crippen molar-refractivity contribution in [3.05, 3.63) is 52.0 Å². The van der Waals surface area contributed by atoms with Gasteiger partial charge in [-0.1, -0.05) is 12.1 Å². The average Bonchev–Trinajstić information content (AvgIpc) is 2.89. The van der Waals surface area contributed by atoms with E-state index >= 15 is 0 Å². The van der Waals surface area contributed by atoms with Gasteiger partial charge in [0.05, 0.1) is 0 Å². The first-order chi connectivity index (χ1) is 9.50. The molecular weight excluding hydrogens is 271 g/mol. The smallest absolute Gasteiger partial charge is 0.130 e. The fourth-order valence-electron chi connectivity index (χ4n) is 2.38. The number of hydrogen-bond acceptors (Lipinski definition) is 3. The molecular formula is C16H21FN2S. The van der Waals surface area contributed by atoms with Crippen LogP contribution in [0.25, 0.3) is 0 Å². The summed E-state index contributed by atoms with van der Waals surface area (Å²) >= 11 is 1.75. The van der Waals surface area contributed by atoms with E-state index in [1.54, 1.807) is 17.4 Å². The number of likely N-dealkylation sites (N-methyl/N-ethyl adjacent to an activating group) is 1. The molecule has 4 heteroatoms. The Hall–Kier alpha value is -1.39. The summed E-state index contributed by atoms with van der Waals surface area (Å²) in [5.41, 5.74) is 7.39. The number of rotatable bonds is 5. The van der Waals surface area contributed by atoms with E-state index in [9.17, 15) is 4.39 Å². The SMILES string of the molecule is CC(N)c1c(F)cccc1N(C)C(C)Cc1cccs1. The molecule has 0 spiro atoms. The Labute approximate surface area is 124 Å². The lowest BCUT2D eigenvalue weighted by atomic mass is 10.0. The lowest BCUT2D eigenvalue weighted by molar-refractivity contribution is 0.588. The first-order valence-electron chi connectivity index (χ1n) is 6.80. The van der Waals surface area contributed by atoms with Crippen LogP contribution in [-0.4, -0.2) is 13.1 Å². The summed E-state index contributed by atoms with van der Waals surface area (Å²) in [7, 11) is 2.00. The number of nitrogens with zero attached hydrogens (tertiary/aromatic N) is 1. The third-order valence-corrected chi connectivity index (χ3v) is 4.50. The Morgan fingerprint density at radius 2 is 2.00 bits per heavy atom. The molecule has 0 fully saturated rings. The van der Waals surface area contributed by atoms with E-state index in [0.29, 0.717) is 5.56 Å². The van der Waals surface area contributed by atoms with Gasteiger partial charge in [-0.2, -0.15) is 0 Å². The van der Waals surface area contributed by atoms with Crippen LogP contribution in [0.2, 0.25) is 0 Å². The van der Waals surface area contributed by atoms with Gasteiger partial charge >= 0.3 is 0 Å². The van der Waals surface area contributed by atoms with Crippen molar-refractivity contribution in [1.29, 1.82) is 0 Å². The molecule has 2 nitrogen and oxygen atoms in total. The van der Waals surface area contributed by atoms with Crippen LogP contribution in [0.3, 0.4) is 0 Å². The van der Waals surface area contributed by atoms with Gasteiger partial charge in [-0.25, -0.2) is 4.39 Å². The molecule has 0 bridgehead atoms. The highest BCUT2D eigenvalue weighted by Gasteiger charge is 2.19. The number of nitrogens with two attached hydrogens (primary N) is 1. The maximum atomic E-state index is 14.0. The second kappa shape index (κ2) is 6.37. The van der Waals surface area contributed by atoms with Gasteiger partial charge in [0, 0.05) is 41.7 Å². The molecule has 0 aliphatic carbocycles. The molecule has 0 saturated heterocycles. The van der Waals surface area contributed by atoms with Crippen LogP contribution in [0.1, 0.15) is 30.3 Å². The van der Waals surface area contributed by atoms with Crippen molar-refractivity contribution in [2.45, 2.75) is 32.4 Å². The minimum absolute atomic E-state index is 0.229. The molecule has 0 radical (unpaired) electrons. The molecule has 2 unspecified atom stereocenters. The molecule has 0 aliphatic heterocycles. The lowest BCUT2D eigenvalue weighted by Crippen LogP contribution is -2.32. The zero-order valence-corrected chi connectivity index (χ0v) is 13.0. The number of hydrogen-bond donors (Lipinski definition) is 1. The van der Waals surface area contributed by atoms with E-state index in [2.05, 4.69) is 29.3 Å². The molecule has 0 saturated carbocycles. The van der Waals surface area contributed by atoms with Gasteiger partial charge in [-0.3, -0.25) is 0 Å². The Bertz CT molecular complexity index is 552. The molecule has 2 aromatic rings. The van der Waals surface area contributed by atoms with Crippen molar-refractivity contribution < 1.29 is 4.39 Å². The molecule has 108 valence electrons. The van der Waals surface area contributed by atoms with E-state index in [1.165, 1.54) is 10.9 Å². The van der Waals surface area contributed by atoms with Gasteiger partial charge in [-0.05, 0) is 37.4 Å². The Morgan fingerprint density at radius 3 is 2.60 bits per heavy atom. The van der Waals surface area contributed by atoms with Crippen LogP contribution in [0.4, 0.5) is 10.1 Å². The topological polar surface area (TPSA) is 29.3 Å². The molecule has 0 amide bonds. The lowest BCUT2D eigenvalue weighted by Gasteiger charge is -2.30. The fraction of sp³-hybridized carbons (Fsp3) is 0.375. The maximum absolute atomic E-state index is 14.0. The quantitative estimate of drug-likeness (QED) is 0.903. The van der Waals surface area contributed by atoms with Crippen LogP contribution in [-0.2, 0) is 6.42 Å². The highest BCUT2D eigenvalue weighted by molar-refractivity contribution is 7.09. The number of halogens is 1. The van der Waals surface area contributed by atoms with Crippen LogP contribution in [0.5, 0.6) is 0 Å². The van der Waals surface area contributed by atoms with E-state index in [4.69, 9.17) is 5.73 Å². The zero-order valence-electron chi connectivity index (χ0n) is 12.1. The van der Waals surface area contributed by atoms with E-state index < -0.39 is 0 Å². The van der Waals surface area contributed by atoms with Crippen LogP contribution in [0, 0.1) is 5.82 Å². The minimum atomic E-state index is -0.317. The summed E-state index contributed by atoms with van der Waals surface area (Å²) in [6.45, 7) is 3.97. The summed E-state index contributed by atoms with van der Waals surface area (Å²) in [4.78, 5) is 3.45.